The van der Waals surface area contributed by atoms with E-state index in [0.29, 0.717) is 18.4 Å². The normalized spacial score (nSPS) is 12.4. The molecule has 0 fully saturated rings. The molecule has 0 aromatic heterocycles. The van der Waals surface area contributed by atoms with Gasteiger partial charge in [-0.2, -0.15) is 4.31 Å². The van der Waals surface area contributed by atoms with Gasteiger partial charge in [0.15, 0.2) is 0 Å². The summed E-state index contributed by atoms with van der Waals surface area (Å²) >= 11 is 0. The van der Waals surface area contributed by atoms with Gasteiger partial charge in [-0.25, -0.2) is 12.8 Å². The molecule has 0 aliphatic heterocycles. The van der Waals surface area contributed by atoms with Crippen LogP contribution in [0.3, 0.4) is 0 Å². The fraction of sp³-hybridized carbons (Fsp3) is 0.538. The van der Waals surface area contributed by atoms with Gasteiger partial charge in [0.25, 0.3) is 0 Å². The fourth-order valence-corrected chi connectivity index (χ4v) is 3.84. The smallest absolute Gasteiger partial charge is 0.243 e. The molecule has 1 rings (SSSR count). The van der Waals surface area contributed by atoms with Crippen molar-refractivity contribution in [2.24, 2.45) is 5.73 Å². The second kappa shape index (κ2) is 6.45. The number of hydrogen-bond donors (Lipinski definition) is 1. The number of halogens is 1. The third-order valence-corrected chi connectivity index (χ3v) is 5.36. The summed E-state index contributed by atoms with van der Waals surface area (Å²) in [6.45, 7) is 3.91. The van der Waals surface area contributed by atoms with Crippen LogP contribution in [0.2, 0.25) is 0 Å². The van der Waals surface area contributed by atoms with Crippen LogP contribution in [0.1, 0.15) is 32.3 Å². The van der Waals surface area contributed by atoms with Crippen molar-refractivity contribution in [1.82, 2.24) is 4.31 Å². The van der Waals surface area contributed by atoms with E-state index in [2.05, 4.69) is 0 Å². The van der Waals surface area contributed by atoms with Crippen molar-refractivity contribution in [3.8, 4) is 0 Å². The number of nitrogens with two attached hydrogens (primary N) is 1. The van der Waals surface area contributed by atoms with Crippen molar-refractivity contribution >= 4 is 10.0 Å². The molecule has 0 heterocycles. The SMILES string of the molecule is CCC(CC)N(C)S(=O)(=O)c1cc(F)ccc1CN. The highest BCUT2D eigenvalue weighted by Gasteiger charge is 2.28. The van der Waals surface area contributed by atoms with Crippen LogP contribution >= 0.6 is 0 Å². The molecule has 4 nitrogen and oxygen atoms in total. The molecule has 19 heavy (non-hydrogen) atoms. The average molecular weight is 288 g/mol. The molecule has 0 saturated heterocycles. The van der Waals surface area contributed by atoms with Crippen LogP contribution in [-0.2, 0) is 16.6 Å². The van der Waals surface area contributed by atoms with Gasteiger partial charge in [0.2, 0.25) is 10.0 Å². The Morgan fingerprint density at radius 3 is 2.37 bits per heavy atom. The first-order valence-electron chi connectivity index (χ1n) is 6.34. The second-order valence-corrected chi connectivity index (χ2v) is 6.41. The van der Waals surface area contributed by atoms with Gasteiger partial charge in [-0.1, -0.05) is 19.9 Å². The van der Waals surface area contributed by atoms with E-state index in [-0.39, 0.29) is 17.5 Å². The molecule has 6 heteroatoms. The molecule has 0 radical (unpaired) electrons. The zero-order chi connectivity index (χ0) is 14.6. The molecule has 0 amide bonds. The minimum atomic E-state index is -3.71. The maximum absolute atomic E-state index is 13.3. The van der Waals surface area contributed by atoms with Crippen molar-refractivity contribution in [3.63, 3.8) is 0 Å². The maximum atomic E-state index is 13.3. The highest BCUT2D eigenvalue weighted by Crippen LogP contribution is 2.23. The molecular formula is C13H21FN2O2S. The van der Waals surface area contributed by atoms with Gasteiger partial charge in [-0.3, -0.25) is 0 Å². The lowest BCUT2D eigenvalue weighted by molar-refractivity contribution is 0.349. The van der Waals surface area contributed by atoms with Crippen LogP contribution in [0, 0.1) is 5.82 Å². The molecular weight excluding hydrogens is 267 g/mol. The summed E-state index contributed by atoms with van der Waals surface area (Å²) in [6.07, 6.45) is 1.42. The Balaban J connectivity index is 3.30. The summed E-state index contributed by atoms with van der Waals surface area (Å²) in [7, 11) is -2.19. The Morgan fingerprint density at radius 1 is 1.32 bits per heavy atom. The highest BCUT2D eigenvalue weighted by atomic mass is 32.2. The molecule has 1 aromatic carbocycles. The largest absolute Gasteiger partial charge is 0.326 e. The summed E-state index contributed by atoms with van der Waals surface area (Å²) in [5.74, 6) is -0.575. The lowest BCUT2D eigenvalue weighted by Gasteiger charge is -2.26. The summed E-state index contributed by atoms with van der Waals surface area (Å²) in [4.78, 5) is -0.0376. The fourth-order valence-electron chi connectivity index (χ4n) is 2.09. The van der Waals surface area contributed by atoms with Crippen LogP contribution in [0.4, 0.5) is 4.39 Å². The number of sulfonamides is 1. The Hall–Kier alpha value is -0.980. The van der Waals surface area contributed by atoms with E-state index in [9.17, 15) is 12.8 Å². The summed E-state index contributed by atoms with van der Waals surface area (Å²) < 4.78 is 39.7. The predicted molar refractivity (Wildman–Crippen MR) is 73.6 cm³/mol. The van der Waals surface area contributed by atoms with E-state index in [1.807, 2.05) is 13.8 Å². The highest BCUT2D eigenvalue weighted by molar-refractivity contribution is 7.89. The zero-order valence-corrected chi connectivity index (χ0v) is 12.4. The van der Waals surface area contributed by atoms with Gasteiger partial charge in [-0.15, -0.1) is 0 Å². The van der Waals surface area contributed by atoms with E-state index in [0.717, 1.165) is 6.07 Å². The van der Waals surface area contributed by atoms with Crippen molar-refractivity contribution in [2.45, 2.75) is 44.2 Å². The van der Waals surface area contributed by atoms with E-state index in [1.54, 1.807) is 0 Å². The molecule has 0 atom stereocenters. The number of benzene rings is 1. The first-order valence-corrected chi connectivity index (χ1v) is 7.79. The van der Waals surface area contributed by atoms with Crippen LogP contribution in [0.15, 0.2) is 23.1 Å². The molecule has 0 saturated carbocycles. The standard InChI is InChI=1S/C13H21FN2O2S/c1-4-12(5-2)16(3)19(17,18)13-8-11(14)7-6-10(13)9-15/h6-8,12H,4-5,9,15H2,1-3H3. The van der Waals surface area contributed by atoms with Crippen molar-refractivity contribution in [2.75, 3.05) is 7.05 Å². The van der Waals surface area contributed by atoms with Gasteiger partial charge in [-0.05, 0) is 30.5 Å². The van der Waals surface area contributed by atoms with Crippen LogP contribution in [0.5, 0.6) is 0 Å². The number of hydrogen-bond acceptors (Lipinski definition) is 3. The quantitative estimate of drug-likeness (QED) is 0.872. The first-order chi connectivity index (χ1) is 8.88. The van der Waals surface area contributed by atoms with Crippen LogP contribution in [-0.4, -0.2) is 25.8 Å². The van der Waals surface area contributed by atoms with Crippen LogP contribution in [0.25, 0.3) is 0 Å². The lowest BCUT2D eigenvalue weighted by atomic mass is 10.2. The minimum Gasteiger partial charge on any atom is -0.326 e. The molecule has 0 spiro atoms. The maximum Gasteiger partial charge on any atom is 0.243 e. The second-order valence-electron chi connectivity index (χ2n) is 4.45. The summed E-state index contributed by atoms with van der Waals surface area (Å²) in [5, 5.41) is 0. The van der Waals surface area contributed by atoms with E-state index in [4.69, 9.17) is 5.73 Å². The Labute approximate surface area is 114 Å². The third-order valence-electron chi connectivity index (χ3n) is 3.36. The molecule has 2 N–H and O–H groups in total. The predicted octanol–water partition coefficient (Wildman–Crippen LogP) is 2.09. The minimum absolute atomic E-state index is 0.0376. The van der Waals surface area contributed by atoms with Gasteiger partial charge in [0, 0.05) is 19.6 Å². The molecule has 108 valence electrons. The summed E-state index contributed by atoms with van der Waals surface area (Å²) in [5.41, 5.74) is 5.96. The molecule has 0 aliphatic carbocycles. The summed E-state index contributed by atoms with van der Waals surface area (Å²) in [6, 6.07) is 3.58. The Morgan fingerprint density at radius 2 is 1.89 bits per heavy atom. The average Bonchev–Trinajstić information content (AvgIpc) is 2.39. The van der Waals surface area contributed by atoms with Crippen molar-refractivity contribution < 1.29 is 12.8 Å². The lowest BCUT2D eigenvalue weighted by Crippen LogP contribution is -2.36. The topological polar surface area (TPSA) is 63.4 Å². The van der Waals surface area contributed by atoms with E-state index in [1.165, 1.54) is 23.5 Å². The van der Waals surface area contributed by atoms with Gasteiger partial charge >= 0.3 is 0 Å². The molecule has 0 unspecified atom stereocenters. The zero-order valence-electron chi connectivity index (χ0n) is 11.6. The van der Waals surface area contributed by atoms with E-state index < -0.39 is 15.8 Å². The molecule has 0 aliphatic rings. The van der Waals surface area contributed by atoms with Crippen LogP contribution < -0.4 is 5.73 Å². The van der Waals surface area contributed by atoms with Gasteiger partial charge in [0.05, 0.1) is 4.90 Å². The Bertz CT molecular complexity index is 527. The number of rotatable bonds is 6. The van der Waals surface area contributed by atoms with Crippen molar-refractivity contribution in [3.05, 3.63) is 29.6 Å². The van der Waals surface area contributed by atoms with Gasteiger partial charge in [0.1, 0.15) is 5.82 Å². The Kier molecular flexibility index (Phi) is 5.46. The number of nitrogens with zero attached hydrogens (tertiary/aromatic N) is 1. The monoisotopic (exact) mass is 288 g/mol. The molecule has 0 bridgehead atoms. The van der Waals surface area contributed by atoms with Gasteiger partial charge < -0.3 is 5.73 Å². The molecule has 1 aromatic rings. The third kappa shape index (κ3) is 3.32. The van der Waals surface area contributed by atoms with Crippen molar-refractivity contribution in [1.29, 1.82) is 0 Å². The first kappa shape index (κ1) is 16.1. The van der Waals surface area contributed by atoms with E-state index >= 15 is 0 Å².